The van der Waals surface area contributed by atoms with Crippen molar-refractivity contribution in [2.24, 2.45) is 0 Å². The van der Waals surface area contributed by atoms with Crippen molar-refractivity contribution in [1.82, 2.24) is 18.7 Å². The number of nitrogens with zero attached hydrogens (tertiary/aromatic N) is 4. The average Bonchev–Trinajstić information content (AvgIpc) is 3.32. The Hall–Kier alpha value is -3.14. The highest BCUT2D eigenvalue weighted by molar-refractivity contribution is 7.89. The molecule has 1 unspecified atom stereocenters. The van der Waals surface area contributed by atoms with E-state index in [0.29, 0.717) is 29.3 Å². The lowest BCUT2D eigenvalue weighted by atomic mass is 9.91. The van der Waals surface area contributed by atoms with Crippen molar-refractivity contribution >= 4 is 32.9 Å². The SMILES string of the molecule is CC(C)(C)OC(=O)n1cc2c(n1)CCC(N(C(=O)c1cccc3c1ccn3S(C)(=O)=O)C1CC1)C2. The van der Waals surface area contributed by atoms with Crippen LogP contribution >= 0.6 is 0 Å². The van der Waals surface area contributed by atoms with E-state index in [1.165, 1.54) is 14.9 Å². The Bertz CT molecular complexity index is 1430. The summed E-state index contributed by atoms with van der Waals surface area (Å²) in [5.41, 5.74) is 2.21. The average molecular weight is 499 g/mol. The minimum atomic E-state index is -3.48. The van der Waals surface area contributed by atoms with Gasteiger partial charge in [0.2, 0.25) is 10.0 Å². The van der Waals surface area contributed by atoms with Crippen molar-refractivity contribution < 1.29 is 22.7 Å². The Morgan fingerprint density at radius 1 is 1.11 bits per heavy atom. The maximum absolute atomic E-state index is 13.9. The van der Waals surface area contributed by atoms with Gasteiger partial charge in [-0.25, -0.2) is 17.2 Å². The Morgan fingerprint density at radius 2 is 1.86 bits per heavy atom. The molecule has 2 aliphatic rings. The van der Waals surface area contributed by atoms with Crippen LogP contribution in [0.2, 0.25) is 0 Å². The van der Waals surface area contributed by atoms with Gasteiger partial charge in [0.1, 0.15) is 5.60 Å². The highest BCUT2D eigenvalue weighted by Gasteiger charge is 2.40. The maximum Gasteiger partial charge on any atom is 0.435 e. The van der Waals surface area contributed by atoms with Gasteiger partial charge in [0, 0.05) is 35.4 Å². The summed E-state index contributed by atoms with van der Waals surface area (Å²) in [5, 5.41) is 5.07. The first kappa shape index (κ1) is 23.6. The van der Waals surface area contributed by atoms with E-state index in [1.807, 2.05) is 25.7 Å². The van der Waals surface area contributed by atoms with Crippen LogP contribution in [0, 0.1) is 0 Å². The molecule has 35 heavy (non-hydrogen) atoms. The number of carbonyl (C=O) groups excluding carboxylic acids is 2. The Labute approximate surface area is 204 Å². The van der Waals surface area contributed by atoms with Gasteiger partial charge in [-0.15, -0.1) is 0 Å². The van der Waals surface area contributed by atoms with E-state index >= 15 is 0 Å². The van der Waals surface area contributed by atoms with E-state index < -0.39 is 21.7 Å². The van der Waals surface area contributed by atoms with Gasteiger partial charge in [0.25, 0.3) is 5.91 Å². The molecule has 0 bridgehead atoms. The molecular weight excluding hydrogens is 468 g/mol. The molecule has 2 heterocycles. The summed E-state index contributed by atoms with van der Waals surface area (Å²) in [6.07, 6.45) is 7.78. The smallest absolute Gasteiger partial charge is 0.435 e. The molecule has 1 atom stereocenters. The normalized spacial score (nSPS) is 18.3. The van der Waals surface area contributed by atoms with Gasteiger partial charge in [-0.05, 0) is 76.6 Å². The van der Waals surface area contributed by atoms with Crippen LogP contribution in [0.4, 0.5) is 4.79 Å². The van der Waals surface area contributed by atoms with E-state index in [2.05, 4.69) is 5.10 Å². The number of ether oxygens (including phenoxy) is 1. The van der Waals surface area contributed by atoms with E-state index in [0.717, 1.165) is 36.8 Å². The number of benzene rings is 1. The van der Waals surface area contributed by atoms with E-state index in [9.17, 15) is 18.0 Å². The summed E-state index contributed by atoms with van der Waals surface area (Å²) in [5.74, 6) is -0.0858. The zero-order valence-corrected chi connectivity index (χ0v) is 21.2. The first-order valence-electron chi connectivity index (χ1n) is 11.9. The molecule has 2 aromatic heterocycles. The summed E-state index contributed by atoms with van der Waals surface area (Å²) in [6.45, 7) is 5.44. The van der Waals surface area contributed by atoms with Gasteiger partial charge in [-0.3, -0.25) is 4.79 Å². The molecule has 0 spiro atoms. The number of amides is 1. The highest BCUT2D eigenvalue weighted by Crippen LogP contribution is 2.36. The lowest BCUT2D eigenvalue weighted by Gasteiger charge is -2.34. The lowest BCUT2D eigenvalue weighted by molar-refractivity contribution is 0.0513. The molecule has 1 fully saturated rings. The third kappa shape index (κ3) is 4.59. The summed E-state index contributed by atoms with van der Waals surface area (Å²) >= 11 is 0. The summed E-state index contributed by atoms with van der Waals surface area (Å²) < 4.78 is 32.2. The number of hydrogen-bond donors (Lipinski definition) is 0. The molecule has 0 saturated heterocycles. The predicted molar refractivity (Wildman–Crippen MR) is 131 cm³/mol. The van der Waals surface area contributed by atoms with Crippen LogP contribution < -0.4 is 0 Å². The number of hydrogen-bond acceptors (Lipinski definition) is 6. The number of aromatic nitrogens is 3. The van der Waals surface area contributed by atoms with Crippen molar-refractivity contribution in [1.29, 1.82) is 0 Å². The summed E-state index contributed by atoms with van der Waals surface area (Å²) in [4.78, 5) is 28.3. The molecule has 1 amide bonds. The highest BCUT2D eigenvalue weighted by atomic mass is 32.2. The van der Waals surface area contributed by atoms with Crippen LogP contribution in [-0.4, -0.2) is 63.0 Å². The fraction of sp³-hybridized carbons (Fsp3) is 0.480. The van der Waals surface area contributed by atoms with Crippen molar-refractivity contribution in [3.8, 4) is 0 Å². The predicted octanol–water partition coefficient (Wildman–Crippen LogP) is 3.59. The third-order valence-corrected chi connectivity index (χ3v) is 7.51. The lowest BCUT2D eigenvalue weighted by Crippen LogP contribution is -2.44. The molecule has 10 heteroatoms. The van der Waals surface area contributed by atoms with Gasteiger partial charge in [-0.2, -0.15) is 9.78 Å². The molecule has 3 aromatic rings. The van der Waals surface area contributed by atoms with Gasteiger partial charge in [0.05, 0.1) is 17.5 Å². The van der Waals surface area contributed by atoms with Gasteiger partial charge >= 0.3 is 6.09 Å². The molecule has 5 rings (SSSR count). The van der Waals surface area contributed by atoms with Gasteiger partial charge in [0.15, 0.2) is 0 Å². The topological polar surface area (TPSA) is 104 Å². The zero-order valence-electron chi connectivity index (χ0n) is 20.4. The van der Waals surface area contributed by atoms with Crippen LogP contribution in [0.15, 0.2) is 36.7 Å². The second-order valence-corrected chi connectivity index (χ2v) is 12.3. The van der Waals surface area contributed by atoms with Crippen LogP contribution in [0.25, 0.3) is 10.9 Å². The standard InChI is InChI=1S/C25H30N4O5S/c1-25(2,3)34-24(31)27-15-16-14-18(10-11-21(16)26-27)29(17-8-9-17)23(30)20-6-5-7-22-19(20)12-13-28(22)35(4,32)33/h5-7,12-13,15,17-18H,8-11,14H2,1-4H3. The number of carbonyl (C=O) groups is 2. The van der Waals surface area contributed by atoms with Crippen molar-refractivity contribution in [2.75, 3.05) is 6.26 Å². The van der Waals surface area contributed by atoms with Crippen molar-refractivity contribution in [2.45, 2.75) is 70.6 Å². The Balaban J connectivity index is 1.43. The first-order valence-corrected chi connectivity index (χ1v) is 13.7. The second kappa shape index (κ2) is 8.22. The number of aryl methyl sites for hydroxylation is 1. The molecule has 2 aliphatic carbocycles. The minimum absolute atomic E-state index is 0.0222. The third-order valence-electron chi connectivity index (χ3n) is 6.48. The van der Waals surface area contributed by atoms with Crippen molar-refractivity contribution in [3.05, 3.63) is 53.5 Å². The molecule has 1 saturated carbocycles. The molecule has 1 aromatic carbocycles. The molecule has 186 valence electrons. The van der Waals surface area contributed by atoms with Crippen LogP contribution in [0.1, 0.15) is 61.6 Å². The van der Waals surface area contributed by atoms with E-state index in [4.69, 9.17) is 4.74 Å². The first-order chi connectivity index (χ1) is 16.4. The monoisotopic (exact) mass is 498 g/mol. The Kier molecular flexibility index (Phi) is 5.54. The molecular formula is C25H30N4O5S. The van der Waals surface area contributed by atoms with Crippen molar-refractivity contribution in [3.63, 3.8) is 0 Å². The summed E-state index contributed by atoms with van der Waals surface area (Å²) in [6, 6.07) is 7.05. The maximum atomic E-state index is 13.9. The molecule has 0 aliphatic heterocycles. The number of rotatable bonds is 4. The quantitative estimate of drug-likeness (QED) is 0.545. The second-order valence-electron chi connectivity index (χ2n) is 10.5. The van der Waals surface area contributed by atoms with Gasteiger partial charge < -0.3 is 9.64 Å². The van der Waals surface area contributed by atoms with E-state index in [-0.39, 0.29) is 18.0 Å². The van der Waals surface area contributed by atoms with Gasteiger partial charge in [-0.1, -0.05) is 6.07 Å². The van der Waals surface area contributed by atoms with E-state index in [1.54, 1.807) is 30.5 Å². The minimum Gasteiger partial charge on any atom is -0.442 e. The molecule has 0 radical (unpaired) electrons. The zero-order chi connectivity index (χ0) is 25.1. The Morgan fingerprint density at radius 3 is 2.51 bits per heavy atom. The number of fused-ring (bicyclic) bond motifs is 2. The van der Waals surface area contributed by atoms with Crippen LogP contribution in [0.3, 0.4) is 0 Å². The van der Waals surface area contributed by atoms with Crippen LogP contribution in [-0.2, 0) is 27.6 Å². The van der Waals surface area contributed by atoms with Crippen LogP contribution in [0.5, 0.6) is 0 Å². The molecule has 9 nitrogen and oxygen atoms in total. The fourth-order valence-electron chi connectivity index (χ4n) is 4.87. The largest absolute Gasteiger partial charge is 0.442 e. The molecule has 0 N–H and O–H groups in total. The summed E-state index contributed by atoms with van der Waals surface area (Å²) in [7, 11) is -3.48. The fourth-order valence-corrected chi connectivity index (χ4v) is 5.66.